The topological polar surface area (TPSA) is 15.3 Å². The van der Waals surface area contributed by atoms with E-state index in [-0.39, 0.29) is 0 Å². The van der Waals surface area contributed by atoms with Crippen LogP contribution in [0.3, 0.4) is 0 Å². The van der Waals surface area contributed by atoms with Crippen molar-refractivity contribution in [3.63, 3.8) is 0 Å². The zero-order valence-corrected chi connectivity index (χ0v) is 13.5. The van der Waals surface area contributed by atoms with Crippen LogP contribution in [0.25, 0.3) is 0 Å². The lowest BCUT2D eigenvalue weighted by atomic mass is 9.90. The minimum Gasteiger partial charge on any atom is -0.382 e. The van der Waals surface area contributed by atoms with Gasteiger partial charge in [0.15, 0.2) is 0 Å². The molecule has 0 aliphatic carbocycles. The fourth-order valence-electron chi connectivity index (χ4n) is 2.70. The predicted octanol–water partition coefficient (Wildman–Crippen LogP) is 3.82. The van der Waals surface area contributed by atoms with Crippen LogP contribution in [0.15, 0.2) is 24.3 Å². The van der Waals surface area contributed by atoms with Crippen molar-refractivity contribution in [3.8, 4) is 0 Å². The summed E-state index contributed by atoms with van der Waals surface area (Å²) < 4.78 is 1.29. The third-order valence-corrected chi connectivity index (χ3v) is 4.74. The SMILES string of the molecule is CCN1CCC(C(C)Nc2ccc(I)cc2)CC1. The Kier molecular flexibility index (Phi) is 5.30. The van der Waals surface area contributed by atoms with Gasteiger partial charge in [-0.1, -0.05) is 6.92 Å². The van der Waals surface area contributed by atoms with Crippen LogP contribution in [0.4, 0.5) is 5.69 Å². The number of nitrogens with zero attached hydrogens (tertiary/aromatic N) is 1. The molecule has 1 saturated heterocycles. The molecule has 0 bridgehead atoms. The van der Waals surface area contributed by atoms with Crippen LogP contribution in [0.5, 0.6) is 0 Å². The number of rotatable bonds is 4. The van der Waals surface area contributed by atoms with Crippen molar-refractivity contribution >= 4 is 28.3 Å². The van der Waals surface area contributed by atoms with Crippen LogP contribution < -0.4 is 5.32 Å². The molecule has 1 atom stereocenters. The molecular formula is C15H23IN2. The Labute approximate surface area is 124 Å². The first kappa shape index (κ1) is 14.1. The van der Waals surface area contributed by atoms with Crippen LogP contribution in [-0.4, -0.2) is 30.6 Å². The summed E-state index contributed by atoms with van der Waals surface area (Å²) in [7, 11) is 0. The molecule has 1 unspecified atom stereocenters. The first-order valence-corrected chi connectivity index (χ1v) is 8.01. The molecule has 1 aliphatic heterocycles. The second-order valence-corrected chi connectivity index (χ2v) is 6.46. The second-order valence-electron chi connectivity index (χ2n) is 5.21. The predicted molar refractivity (Wildman–Crippen MR) is 87.1 cm³/mol. The maximum Gasteiger partial charge on any atom is 0.0343 e. The highest BCUT2D eigenvalue weighted by atomic mass is 127. The maximum atomic E-state index is 3.65. The highest BCUT2D eigenvalue weighted by molar-refractivity contribution is 14.1. The van der Waals surface area contributed by atoms with E-state index in [2.05, 4.69) is 70.9 Å². The molecule has 0 aromatic heterocycles. The van der Waals surface area contributed by atoms with Gasteiger partial charge in [-0.25, -0.2) is 0 Å². The van der Waals surface area contributed by atoms with Crippen LogP contribution in [-0.2, 0) is 0 Å². The Morgan fingerprint density at radius 3 is 2.44 bits per heavy atom. The molecule has 1 heterocycles. The van der Waals surface area contributed by atoms with Gasteiger partial charge < -0.3 is 10.2 Å². The standard InChI is InChI=1S/C15H23IN2/c1-3-18-10-8-13(9-11-18)12(2)17-15-6-4-14(16)5-7-15/h4-7,12-13,17H,3,8-11H2,1-2H3. The summed E-state index contributed by atoms with van der Waals surface area (Å²) in [4.78, 5) is 2.55. The minimum absolute atomic E-state index is 0.573. The average Bonchev–Trinajstić information content (AvgIpc) is 2.41. The third-order valence-electron chi connectivity index (χ3n) is 4.03. The van der Waals surface area contributed by atoms with Gasteiger partial charge in [0.1, 0.15) is 0 Å². The molecule has 18 heavy (non-hydrogen) atoms. The van der Waals surface area contributed by atoms with Gasteiger partial charge in [0.05, 0.1) is 0 Å². The molecule has 0 spiro atoms. The highest BCUT2D eigenvalue weighted by Gasteiger charge is 2.22. The van der Waals surface area contributed by atoms with E-state index in [0.29, 0.717) is 6.04 Å². The van der Waals surface area contributed by atoms with Gasteiger partial charge in [-0.15, -0.1) is 0 Å². The number of hydrogen-bond acceptors (Lipinski definition) is 2. The lowest BCUT2D eigenvalue weighted by Crippen LogP contribution is -2.39. The Morgan fingerprint density at radius 2 is 1.89 bits per heavy atom. The number of likely N-dealkylation sites (tertiary alicyclic amines) is 1. The van der Waals surface area contributed by atoms with Crippen molar-refractivity contribution < 1.29 is 0 Å². The molecule has 100 valence electrons. The van der Waals surface area contributed by atoms with E-state index >= 15 is 0 Å². The summed E-state index contributed by atoms with van der Waals surface area (Å²) in [6.45, 7) is 8.31. The molecule has 0 saturated carbocycles. The van der Waals surface area contributed by atoms with Crippen molar-refractivity contribution in [2.75, 3.05) is 25.0 Å². The first-order chi connectivity index (χ1) is 8.69. The number of benzene rings is 1. The summed E-state index contributed by atoms with van der Waals surface area (Å²) in [5.74, 6) is 0.812. The summed E-state index contributed by atoms with van der Waals surface area (Å²) >= 11 is 2.35. The van der Waals surface area contributed by atoms with E-state index in [4.69, 9.17) is 0 Å². The second kappa shape index (κ2) is 6.75. The average molecular weight is 358 g/mol. The molecule has 1 aliphatic rings. The molecule has 0 radical (unpaired) electrons. The number of hydrogen-bond donors (Lipinski definition) is 1. The van der Waals surface area contributed by atoms with Crippen LogP contribution in [0, 0.1) is 9.49 Å². The van der Waals surface area contributed by atoms with E-state index in [9.17, 15) is 0 Å². The lowest BCUT2D eigenvalue weighted by Gasteiger charge is -2.34. The smallest absolute Gasteiger partial charge is 0.0343 e. The molecule has 1 fully saturated rings. The molecule has 1 aromatic rings. The van der Waals surface area contributed by atoms with E-state index < -0.39 is 0 Å². The van der Waals surface area contributed by atoms with Gasteiger partial charge in [-0.2, -0.15) is 0 Å². The largest absolute Gasteiger partial charge is 0.382 e. The van der Waals surface area contributed by atoms with Gasteiger partial charge in [0.2, 0.25) is 0 Å². The fraction of sp³-hybridized carbons (Fsp3) is 0.600. The van der Waals surface area contributed by atoms with Crippen molar-refractivity contribution in [2.24, 2.45) is 5.92 Å². The Balaban J connectivity index is 1.85. The van der Waals surface area contributed by atoms with E-state index in [1.165, 1.54) is 41.7 Å². The number of halogens is 1. The van der Waals surface area contributed by atoms with Gasteiger partial charge >= 0.3 is 0 Å². The molecule has 1 aromatic carbocycles. The van der Waals surface area contributed by atoms with Gasteiger partial charge in [-0.3, -0.25) is 0 Å². The summed E-state index contributed by atoms with van der Waals surface area (Å²) in [6, 6.07) is 9.26. The Bertz CT molecular complexity index is 355. The first-order valence-electron chi connectivity index (χ1n) is 6.93. The van der Waals surface area contributed by atoms with Crippen LogP contribution in [0.1, 0.15) is 26.7 Å². The van der Waals surface area contributed by atoms with E-state index in [1.807, 2.05) is 0 Å². The van der Waals surface area contributed by atoms with Crippen molar-refractivity contribution in [1.29, 1.82) is 0 Å². The third kappa shape index (κ3) is 3.85. The highest BCUT2D eigenvalue weighted by Crippen LogP contribution is 2.23. The molecule has 1 N–H and O–H groups in total. The van der Waals surface area contributed by atoms with Crippen molar-refractivity contribution in [2.45, 2.75) is 32.7 Å². The normalized spacial score (nSPS) is 19.7. The summed E-state index contributed by atoms with van der Waals surface area (Å²) in [6.07, 6.45) is 2.65. The van der Waals surface area contributed by atoms with Crippen molar-refractivity contribution in [1.82, 2.24) is 4.90 Å². The van der Waals surface area contributed by atoms with Gasteiger partial charge in [0, 0.05) is 15.3 Å². The zero-order chi connectivity index (χ0) is 13.0. The fourth-order valence-corrected chi connectivity index (χ4v) is 3.06. The molecular weight excluding hydrogens is 335 g/mol. The molecule has 2 rings (SSSR count). The summed E-state index contributed by atoms with van der Waals surface area (Å²) in [5, 5.41) is 3.65. The number of piperidine rings is 1. The molecule has 3 heteroatoms. The van der Waals surface area contributed by atoms with Gasteiger partial charge in [0.25, 0.3) is 0 Å². The quantitative estimate of drug-likeness (QED) is 0.824. The zero-order valence-electron chi connectivity index (χ0n) is 11.3. The van der Waals surface area contributed by atoms with Crippen molar-refractivity contribution in [3.05, 3.63) is 27.8 Å². The Hall–Kier alpha value is -0.290. The van der Waals surface area contributed by atoms with Gasteiger partial charge in [-0.05, 0) is 92.2 Å². The lowest BCUT2D eigenvalue weighted by molar-refractivity contribution is 0.183. The monoisotopic (exact) mass is 358 g/mol. The van der Waals surface area contributed by atoms with Crippen LogP contribution in [0.2, 0.25) is 0 Å². The van der Waals surface area contributed by atoms with E-state index in [1.54, 1.807) is 0 Å². The summed E-state index contributed by atoms with van der Waals surface area (Å²) in [5.41, 5.74) is 1.25. The Morgan fingerprint density at radius 1 is 1.28 bits per heavy atom. The molecule has 0 amide bonds. The van der Waals surface area contributed by atoms with E-state index in [0.717, 1.165) is 5.92 Å². The van der Waals surface area contributed by atoms with Crippen LogP contribution >= 0.6 is 22.6 Å². The minimum atomic E-state index is 0.573. The molecule has 2 nitrogen and oxygen atoms in total. The maximum absolute atomic E-state index is 3.65. The number of anilines is 1. The number of nitrogens with one attached hydrogen (secondary N) is 1.